The van der Waals surface area contributed by atoms with Crippen LogP contribution >= 0.6 is 11.6 Å². The van der Waals surface area contributed by atoms with Crippen LogP contribution in [-0.4, -0.2) is 11.2 Å². The van der Waals surface area contributed by atoms with E-state index in [9.17, 15) is 9.50 Å². The van der Waals surface area contributed by atoms with Crippen LogP contribution in [0.3, 0.4) is 0 Å². The minimum Gasteiger partial charge on any atom is -0.389 e. The van der Waals surface area contributed by atoms with Gasteiger partial charge < -0.3 is 5.11 Å². The first-order valence-corrected chi connectivity index (χ1v) is 4.69. The van der Waals surface area contributed by atoms with E-state index in [-0.39, 0.29) is 5.82 Å². The largest absolute Gasteiger partial charge is 0.389 e. The first-order chi connectivity index (χ1) is 6.49. The standard InChI is InChI=1S/C11H12ClFO/c1-7(8(2)14)3-9-4-10(12)6-11(13)5-9/h3-6,8,14H,1-2H3/b7-3+. The fourth-order valence-electron chi connectivity index (χ4n) is 1.04. The SMILES string of the molecule is C/C(=C\c1cc(F)cc(Cl)c1)C(C)O. The van der Waals surface area contributed by atoms with Gasteiger partial charge in [0.2, 0.25) is 0 Å². The van der Waals surface area contributed by atoms with E-state index in [1.54, 1.807) is 26.0 Å². The number of halogens is 2. The van der Waals surface area contributed by atoms with E-state index in [1.807, 2.05) is 0 Å². The molecule has 0 radical (unpaired) electrons. The quantitative estimate of drug-likeness (QED) is 0.801. The molecule has 0 aliphatic carbocycles. The molecule has 1 atom stereocenters. The molecular formula is C11H12ClFO. The Bertz CT molecular complexity index is 338. The van der Waals surface area contributed by atoms with Gasteiger partial charge in [-0.25, -0.2) is 4.39 Å². The third-order valence-corrected chi connectivity index (χ3v) is 2.16. The van der Waals surface area contributed by atoms with Gasteiger partial charge in [-0.1, -0.05) is 17.7 Å². The molecule has 1 N–H and O–H groups in total. The third-order valence-electron chi connectivity index (χ3n) is 1.94. The molecule has 0 aromatic heterocycles. The van der Waals surface area contributed by atoms with Crippen LogP contribution < -0.4 is 0 Å². The van der Waals surface area contributed by atoms with E-state index in [2.05, 4.69) is 0 Å². The zero-order valence-corrected chi connectivity index (χ0v) is 8.85. The van der Waals surface area contributed by atoms with Crippen LogP contribution in [-0.2, 0) is 0 Å². The lowest BCUT2D eigenvalue weighted by Crippen LogP contribution is -2.00. The van der Waals surface area contributed by atoms with Gasteiger partial charge in [0.15, 0.2) is 0 Å². The molecule has 1 nitrogen and oxygen atoms in total. The van der Waals surface area contributed by atoms with Gasteiger partial charge in [-0.15, -0.1) is 0 Å². The summed E-state index contributed by atoms with van der Waals surface area (Å²) in [4.78, 5) is 0. The van der Waals surface area contributed by atoms with E-state index >= 15 is 0 Å². The van der Waals surface area contributed by atoms with Gasteiger partial charge in [-0.05, 0) is 43.2 Å². The molecule has 0 saturated carbocycles. The van der Waals surface area contributed by atoms with E-state index < -0.39 is 6.10 Å². The fourth-order valence-corrected chi connectivity index (χ4v) is 1.27. The highest BCUT2D eigenvalue weighted by atomic mass is 35.5. The molecule has 1 rings (SSSR count). The van der Waals surface area contributed by atoms with Gasteiger partial charge in [0.05, 0.1) is 6.10 Å². The minimum atomic E-state index is -0.531. The van der Waals surface area contributed by atoms with Crippen LogP contribution in [0.15, 0.2) is 23.8 Å². The van der Waals surface area contributed by atoms with Crippen LogP contribution in [0.5, 0.6) is 0 Å². The number of aliphatic hydroxyl groups is 1. The van der Waals surface area contributed by atoms with E-state index in [1.165, 1.54) is 12.1 Å². The molecule has 0 fully saturated rings. The first kappa shape index (κ1) is 11.2. The van der Waals surface area contributed by atoms with Crippen molar-refractivity contribution in [3.8, 4) is 0 Å². The molecule has 0 saturated heterocycles. The number of aliphatic hydroxyl groups excluding tert-OH is 1. The summed E-state index contributed by atoms with van der Waals surface area (Å²) in [6.45, 7) is 3.44. The molecule has 1 aromatic carbocycles. The van der Waals surface area contributed by atoms with Gasteiger partial charge in [-0.3, -0.25) is 0 Å². The maximum atomic E-state index is 12.9. The zero-order chi connectivity index (χ0) is 10.7. The Kier molecular flexibility index (Phi) is 3.67. The van der Waals surface area contributed by atoms with Gasteiger partial charge >= 0.3 is 0 Å². The monoisotopic (exact) mass is 214 g/mol. The predicted molar refractivity (Wildman–Crippen MR) is 56.7 cm³/mol. The van der Waals surface area contributed by atoms with Gasteiger partial charge in [0.1, 0.15) is 5.82 Å². The maximum Gasteiger partial charge on any atom is 0.125 e. The lowest BCUT2D eigenvalue weighted by Gasteiger charge is -2.04. The fraction of sp³-hybridized carbons (Fsp3) is 0.273. The highest BCUT2D eigenvalue weighted by molar-refractivity contribution is 6.30. The summed E-state index contributed by atoms with van der Waals surface area (Å²) in [6.07, 6.45) is 1.18. The van der Waals surface area contributed by atoms with Crippen molar-refractivity contribution in [1.29, 1.82) is 0 Å². The van der Waals surface area contributed by atoms with Crippen molar-refractivity contribution in [3.05, 3.63) is 40.2 Å². The Morgan fingerprint density at radius 2 is 2.14 bits per heavy atom. The van der Waals surface area contributed by atoms with Crippen molar-refractivity contribution in [3.63, 3.8) is 0 Å². The summed E-state index contributed by atoms with van der Waals surface area (Å²) in [6, 6.07) is 4.27. The second kappa shape index (κ2) is 4.58. The van der Waals surface area contributed by atoms with Gasteiger partial charge in [-0.2, -0.15) is 0 Å². The van der Waals surface area contributed by atoms with E-state index in [0.29, 0.717) is 10.6 Å². The molecule has 3 heteroatoms. The summed E-state index contributed by atoms with van der Waals surface area (Å²) < 4.78 is 12.9. The topological polar surface area (TPSA) is 20.2 Å². The summed E-state index contributed by atoms with van der Waals surface area (Å²) in [7, 11) is 0. The maximum absolute atomic E-state index is 12.9. The number of hydrogen-bond acceptors (Lipinski definition) is 1. The normalized spacial score (nSPS) is 14.2. The van der Waals surface area contributed by atoms with E-state index in [0.717, 1.165) is 5.57 Å². The summed E-state index contributed by atoms with van der Waals surface area (Å²) >= 11 is 5.68. The van der Waals surface area contributed by atoms with Crippen molar-refractivity contribution in [1.82, 2.24) is 0 Å². The van der Waals surface area contributed by atoms with Crippen molar-refractivity contribution in [2.75, 3.05) is 0 Å². The molecule has 0 spiro atoms. The molecule has 0 aliphatic rings. The van der Waals surface area contributed by atoms with Crippen LogP contribution in [0.4, 0.5) is 4.39 Å². The average molecular weight is 215 g/mol. The Morgan fingerprint density at radius 1 is 1.50 bits per heavy atom. The van der Waals surface area contributed by atoms with Gasteiger partial charge in [0.25, 0.3) is 0 Å². The van der Waals surface area contributed by atoms with Crippen molar-refractivity contribution >= 4 is 17.7 Å². The summed E-state index contributed by atoms with van der Waals surface area (Å²) in [5.41, 5.74) is 1.43. The second-order valence-electron chi connectivity index (χ2n) is 3.27. The molecule has 14 heavy (non-hydrogen) atoms. The predicted octanol–water partition coefficient (Wildman–Crippen LogP) is 3.26. The highest BCUT2D eigenvalue weighted by Gasteiger charge is 2.00. The third kappa shape index (κ3) is 3.13. The zero-order valence-electron chi connectivity index (χ0n) is 8.09. The second-order valence-corrected chi connectivity index (χ2v) is 3.70. The lowest BCUT2D eigenvalue weighted by molar-refractivity contribution is 0.232. The molecule has 0 aliphatic heterocycles. The number of hydrogen-bond donors (Lipinski definition) is 1. The molecule has 76 valence electrons. The van der Waals surface area contributed by atoms with Crippen molar-refractivity contribution in [2.24, 2.45) is 0 Å². The summed E-state index contributed by atoms with van der Waals surface area (Å²) in [5.74, 6) is -0.373. The lowest BCUT2D eigenvalue weighted by atomic mass is 10.1. The van der Waals surface area contributed by atoms with Crippen LogP contribution in [0.2, 0.25) is 5.02 Å². The van der Waals surface area contributed by atoms with Crippen LogP contribution in [0, 0.1) is 5.82 Å². The number of rotatable bonds is 2. The van der Waals surface area contributed by atoms with Crippen LogP contribution in [0.25, 0.3) is 6.08 Å². The average Bonchev–Trinajstić information content (AvgIpc) is 2.01. The Morgan fingerprint density at radius 3 is 2.64 bits per heavy atom. The Labute approximate surface area is 87.8 Å². The highest BCUT2D eigenvalue weighted by Crippen LogP contribution is 2.17. The van der Waals surface area contributed by atoms with E-state index in [4.69, 9.17) is 11.6 Å². The van der Waals surface area contributed by atoms with Crippen molar-refractivity contribution < 1.29 is 9.50 Å². The van der Waals surface area contributed by atoms with Gasteiger partial charge in [0, 0.05) is 5.02 Å². The summed E-state index contributed by atoms with van der Waals surface area (Å²) in [5, 5.41) is 9.58. The molecule has 0 amide bonds. The molecule has 0 heterocycles. The Balaban J connectivity index is 3.02. The van der Waals surface area contributed by atoms with Crippen molar-refractivity contribution in [2.45, 2.75) is 20.0 Å². The first-order valence-electron chi connectivity index (χ1n) is 4.31. The number of benzene rings is 1. The molecule has 1 unspecified atom stereocenters. The van der Waals surface area contributed by atoms with Crippen LogP contribution in [0.1, 0.15) is 19.4 Å². The Hall–Kier alpha value is -0.860. The molecule has 1 aromatic rings. The smallest absolute Gasteiger partial charge is 0.125 e. The minimum absolute atomic E-state index is 0.356. The molecule has 0 bridgehead atoms. The molecular weight excluding hydrogens is 203 g/mol.